The van der Waals surface area contributed by atoms with E-state index < -0.39 is 0 Å². The van der Waals surface area contributed by atoms with Crippen molar-refractivity contribution in [1.29, 1.82) is 0 Å². The smallest absolute Gasteiger partial charge is 0.238 e. The molecule has 0 saturated carbocycles. The zero-order chi connectivity index (χ0) is 20.4. The van der Waals surface area contributed by atoms with Gasteiger partial charge in [-0.05, 0) is 57.5 Å². The Morgan fingerprint density at radius 1 is 0.931 bits per heavy atom. The van der Waals surface area contributed by atoms with E-state index in [-0.39, 0.29) is 0 Å². The minimum absolute atomic E-state index is 0.460. The molecule has 29 heavy (non-hydrogen) atoms. The highest BCUT2D eigenvalue weighted by molar-refractivity contribution is 5.87. The minimum atomic E-state index is 0.460. The molecule has 2 heterocycles. The summed E-state index contributed by atoms with van der Waals surface area (Å²) in [5.41, 5.74) is 4.02. The van der Waals surface area contributed by atoms with Gasteiger partial charge in [-0.25, -0.2) is 0 Å². The van der Waals surface area contributed by atoms with Gasteiger partial charge in [-0.2, -0.15) is 4.98 Å². The molecule has 0 bridgehead atoms. The molecule has 4 rings (SSSR count). The third kappa shape index (κ3) is 3.83. The first kappa shape index (κ1) is 19.1. The fourth-order valence-corrected chi connectivity index (χ4v) is 3.35. The molecule has 0 unspecified atom stereocenters. The fourth-order valence-electron chi connectivity index (χ4n) is 3.35. The Morgan fingerprint density at radius 2 is 1.72 bits per heavy atom. The average molecular weight is 392 g/mol. The van der Waals surface area contributed by atoms with Crippen LogP contribution in [0.25, 0.3) is 22.6 Å². The highest BCUT2D eigenvalue weighted by Gasteiger charge is 2.18. The molecular weight excluding hydrogens is 368 g/mol. The molecule has 0 aliphatic carbocycles. The van der Waals surface area contributed by atoms with Crippen LogP contribution in [-0.4, -0.2) is 23.4 Å². The summed E-state index contributed by atoms with van der Waals surface area (Å²) in [7, 11) is 0. The molecule has 6 heteroatoms. The van der Waals surface area contributed by atoms with E-state index in [0.717, 1.165) is 33.6 Å². The number of ether oxygens (including phenoxy) is 2. The Hall–Kier alpha value is -3.28. The van der Waals surface area contributed by atoms with Gasteiger partial charge in [0.2, 0.25) is 11.7 Å². The zero-order valence-corrected chi connectivity index (χ0v) is 17.1. The number of aryl methyl sites for hydroxylation is 2. The van der Waals surface area contributed by atoms with Gasteiger partial charge >= 0.3 is 0 Å². The highest BCUT2D eigenvalue weighted by Crippen LogP contribution is 2.33. The molecule has 0 N–H and O–H groups in total. The first-order valence-corrected chi connectivity index (χ1v) is 9.80. The highest BCUT2D eigenvalue weighted by atomic mass is 16.5. The number of rotatable bonds is 7. The van der Waals surface area contributed by atoms with E-state index in [0.29, 0.717) is 37.1 Å². The van der Waals surface area contributed by atoms with Gasteiger partial charge in [0, 0.05) is 10.9 Å². The van der Waals surface area contributed by atoms with Crippen LogP contribution >= 0.6 is 0 Å². The van der Waals surface area contributed by atoms with Crippen LogP contribution in [0.2, 0.25) is 0 Å². The number of aromatic nitrogens is 2. The van der Waals surface area contributed by atoms with Crippen molar-refractivity contribution in [2.75, 3.05) is 13.2 Å². The summed E-state index contributed by atoms with van der Waals surface area (Å²) >= 11 is 0. The van der Waals surface area contributed by atoms with Crippen LogP contribution in [0.4, 0.5) is 0 Å². The van der Waals surface area contributed by atoms with Gasteiger partial charge in [0.15, 0.2) is 17.3 Å². The number of nitrogens with zero attached hydrogens (tertiary/aromatic N) is 2. The number of furan rings is 1. The molecule has 0 saturated heterocycles. The molecule has 2 aromatic heterocycles. The molecule has 0 fully saturated rings. The predicted octanol–water partition coefficient (Wildman–Crippen LogP) is 5.49. The molecule has 0 atom stereocenters. The zero-order valence-electron chi connectivity index (χ0n) is 17.1. The van der Waals surface area contributed by atoms with Crippen molar-refractivity contribution in [2.24, 2.45) is 0 Å². The van der Waals surface area contributed by atoms with Gasteiger partial charge < -0.3 is 18.4 Å². The lowest BCUT2D eigenvalue weighted by atomic mass is 10.1. The lowest BCUT2D eigenvalue weighted by Crippen LogP contribution is -1.99. The van der Waals surface area contributed by atoms with E-state index in [9.17, 15) is 0 Å². The molecule has 0 aliphatic heterocycles. The molecular formula is C23H24N2O4. The van der Waals surface area contributed by atoms with Gasteiger partial charge in [0.05, 0.1) is 19.6 Å². The van der Waals surface area contributed by atoms with Crippen molar-refractivity contribution in [2.45, 2.75) is 34.1 Å². The Balaban J connectivity index is 1.60. The fraction of sp³-hybridized carbons (Fsp3) is 0.304. The summed E-state index contributed by atoms with van der Waals surface area (Å²) in [5.74, 6) is 3.07. The van der Waals surface area contributed by atoms with Crippen LogP contribution in [0.5, 0.6) is 11.5 Å². The van der Waals surface area contributed by atoms with E-state index in [1.165, 1.54) is 5.56 Å². The summed E-state index contributed by atoms with van der Waals surface area (Å²) in [4.78, 5) is 4.55. The lowest BCUT2D eigenvalue weighted by Gasteiger charge is -2.11. The van der Waals surface area contributed by atoms with E-state index in [1.54, 1.807) is 0 Å². The Morgan fingerprint density at radius 3 is 2.52 bits per heavy atom. The standard InChI is InChI=1S/C23H24N2O4/c1-5-26-19-10-8-16(12-20(19)27-6-2)13-21-24-23(25-29-21)22-15(4)17-11-14(3)7-9-18(17)28-22/h7-12H,5-6,13H2,1-4H3. The lowest BCUT2D eigenvalue weighted by molar-refractivity contribution is 0.287. The number of hydrogen-bond acceptors (Lipinski definition) is 6. The maximum absolute atomic E-state index is 5.98. The topological polar surface area (TPSA) is 70.5 Å². The predicted molar refractivity (Wildman–Crippen MR) is 111 cm³/mol. The van der Waals surface area contributed by atoms with Crippen LogP contribution in [-0.2, 0) is 6.42 Å². The maximum Gasteiger partial charge on any atom is 0.238 e. The minimum Gasteiger partial charge on any atom is -0.490 e. The Bertz CT molecular complexity index is 1140. The van der Waals surface area contributed by atoms with Crippen LogP contribution in [0.1, 0.15) is 36.4 Å². The second-order valence-corrected chi connectivity index (χ2v) is 6.89. The van der Waals surface area contributed by atoms with Crippen molar-refractivity contribution in [1.82, 2.24) is 10.1 Å². The monoisotopic (exact) mass is 392 g/mol. The van der Waals surface area contributed by atoms with Crippen LogP contribution in [0, 0.1) is 13.8 Å². The second kappa shape index (κ2) is 7.99. The SMILES string of the molecule is CCOc1ccc(Cc2nc(-c3oc4ccc(C)cc4c3C)no2)cc1OCC. The van der Waals surface area contributed by atoms with Gasteiger partial charge in [-0.15, -0.1) is 0 Å². The molecule has 4 aromatic rings. The summed E-state index contributed by atoms with van der Waals surface area (Å²) in [6.07, 6.45) is 0.498. The molecule has 0 radical (unpaired) electrons. The number of hydrogen-bond donors (Lipinski definition) is 0. The largest absolute Gasteiger partial charge is 0.490 e. The number of fused-ring (bicyclic) bond motifs is 1. The molecule has 6 nitrogen and oxygen atoms in total. The van der Waals surface area contributed by atoms with Crippen molar-refractivity contribution in [3.8, 4) is 23.1 Å². The molecule has 150 valence electrons. The van der Waals surface area contributed by atoms with E-state index >= 15 is 0 Å². The molecule has 0 amide bonds. The summed E-state index contributed by atoms with van der Waals surface area (Å²) in [6.45, 7) is 9.12. The van der Waals surface area contributed by atoms with E-state index in [2.05, 4.69) is 23.1 Å². The van der Waals surface area contributed by atoms with Gasteiger partial charge in [0.1, 0.15) is 5.58 Å². The summed E-state index contributed by atoms with van der Waals surface area (Å²) in [6, 6.07) is 11.9. The summed E-state index contributed by atoms with van der Waals surface area (Å²) < 4.78 is 22.8. The Kier molecular flexibility index (Phi) is 5.25. The first-order chi connectivity index (χ1) is 14.1. The van der Waals surface area contributed by atoms with Crippen molar-refractivity contribution in [3.63, 3.8) is 0 Å². The van der Waals surface area contributed by atoms with Crippen LogP contribution in [0.3, 0.4) is 0 Å². The van der Waals surface area contributed by atoms with Crippen LogP contribution in [0.15, 0.2) is 45.3 Å². The van der Waals surface area contributed by atoms with Gasteiger partial charge in [-0.1, -0.05) is 22.9 Å². The quantitative estimate of drug-likeness (QED) is 0.414. The van der Waals surface area contributed by atoms with Crippen molar-refractivity contribution >= 4 is 11.0 Å². The van der Waals surface area contributed by atoms with Gasteiger partial charge in [0.25, 0.3) is 0 Å². The first-order valence-electron chi connectivity index (χ1n) is 9.80. The summed E-state index contributed by atoms with van der Waals surface area (Å²) in [5, 5.41) is 5.20. The van der Waals surface area contributed by atoms with Crippen LogP contribution < -0.4 is 9.47 Å². The normalized spacial score (nSPS) is 11.2. The third-order valence-electron chi connectivity index (χ3n) is 4.73. The third-order valence-corrected chi connectivity index (χ3v) is 4.73. The number of benzene rings is 2. The molecule has 2 aromatic carbocycles. The van der Waals surface area contributed by atoms with Gasteiger partial charge in [-0.3, -0.25) is 0 Å². The van der Waals surface area contributed by atoms with Crippen molar-refractivity contribution < 1.29 is 18.4 Å². The molecule has 0 spiro atoms. The maximum atomic E-state index is 5.98. The Labute approximate surface area is 169 Å². The van der Waals surface area contributed by atoms with Crippen molar-refractivity contribution in [3.05, 3.63) is 59.0 Å². The second-order valence-electron chi connectivity index (χ2n) is 6.89. The molecule has 0 aliphatic rings. The van der Waals surface area contributed by atoms with E-state index in [4.69, 9.17) is 18.4 Å². The average Bonchev–Trinajstić information content (AvgIpc) is 3.29. The van der Waals surface area contributed by atoms with E-state index in [1.807, 2.05) is 51.1 Å².